The van der Waals surface area contributed by atoms with E-state index in [0.29, 0.717) is 26.1 Å². The van der Waals surface area contributed by atoms with Crippen molar-refractivity contribution in [1.82, 2.24) is 20.2 Å². The monoisotopic (exact) mass is 398 g/mol. The molecule has 5 heteroatoms. The largest absolute Gasteiger partial charge is 0.342 e. The fraction of sp³-hybridized carbons (Fsp3) is 0.200. The standard InChI is InChI=1S/C25H26N4O/c30-25(26-19-21-11-5-2-6-12-21)29(17-15-20-9-3-1-4-10-20)18-16-24-27-22-13-7-8-14-23(22)28-24/h1-14H,15-19H2,(H,26,30)(H,27,28). The van der Waals surface area contributed by atoms with E-state index < -0.39 is 0 Å². The molecule has 1 aromatic heterocycles. The van der Waals surface area contributed by atoms with E-state index in [0.717, 1.165) is 28.8 Å². The van der Waals surface area contributed by atoms with Crippen LogP contribution in [0.4, 0.5) is 4.79 Å². The average Bonchev–Trinajstić information content (AvgIpc) is 3.22. The van der Waals surface area contributed by atoms with Gasteiger partial charge in [-0.2, -0.15) is 0 Å². The van der Waals surface area contributed by atoms with E-state index in [-0.39, 0.29) is 6.03 Å². The Labute approximate surface area is 176 Å². The van der Waals surface area contributed by atoms with Crippen LogP contribution in [-0.4, -0.2) is 34.0 Å². The van der Waals surface area contributed by atoms with Gasteiger partial charge in [-0.05, 0) is 29.7 Å². The number of benzene rings is 3. The van der Waals surface area contributed by atoms with Crippen LogP contribution in [0.15, 0.2) is 84.9 Å². The van der Waals surface area contributed by atoms with Gasteiger partial charge in [-0.15, -0.1) is 0 Å². The van der Waals surface area contributed by atoms with E-state index >= 15 is 0 Å². The Bertz CT molecular complexity index is 1040. The van der Waals surface area contributed by atoms with Crippen LogP contribution in [0, 0.1) is 0 Å². The molecular formula is C25H26N4O. The third-order valence-electron chi connectivity index (χ3n) is 5.14. The number of imidazole rings is 1. The molecule has 4 rings (SSSR count). The third-order valence-corrected chi connectivity index (χ3v) is 5.14. The second-order valence-electron chi connectivity index (χ2n) is 7.32. The molecule has 5 nitrogen and oxygen atoms in total. The Morgan fingerprint density at radius 1 is 0.800 bits per heavy atom. The van der Waals surface area contributed by atoms with Crippen LogP contribution in [0.5, 0.6) is 0 Å². The van der Waals surface area contributed by atoms with Gasteiger partial charge in [-0.25, -0.2) is 9.78 Å². The van der Waals surface area contributed by atoms with Crippen molar-refractivity contribution in [3.05, 3.63) is 102 Å². The molecule has 0 aliphatic carbocycles. The molecule has 0 saturated heterocycles. The molecule has 2 amide bonds. The maximum atomic E-state index is 12.9. The summed E-state index contributed by atoms with van der Waals surface area (Å²) in [6.07, 6.45) is 1.50. The summed E-state index contributed by atoms with van der Waals surface area (Å²) >= 11 is 0. The number of carbonyl (C=O) groups excluding carboxylic acids is 1. The van der Waals surface area contributed by atoms with Crippen LogP contribution >= 0.6 is 0 Å². The minimum absolute atomic E-state index is 0.0501. The zero-order chi connectivity index (χ0) is 20.6. The molecule has 0 spiro atoms. The summed E-state index contributed by atoms with van der Waals surface area (Å²) in [5.74, 6) is 0.900. The quantitative estimate of drug-likeness (QED) is 0.457. The van der Waals surface area contributed by atoms with Crippen molar-refractivity contribution in [2.45, 2.75) is 19.4 Å². The van der Waals surface area contributed by atoms with Gasteiger partial charge < -0.3 is 15.2 Å². The van der Waals surface area contributed by atoms with Gasteiger partial charge in [0.1, 0.15) is 5.82 Å². The minimum Gasteiger partial charge on any atom is -0.342 e. The van der Waals surface area contributed by atoms with Crippen molar-refractivity contribution in [2.75, 3.05) is 13.1 Å². The average molecular weight is 399 g/mol. The lowest BCUT2D eigenvalue weighted by Gasteiger charge is -2.23. The second-order valence-corrected chi connectivity index (χ2v) is 7.32. The first-order valence-corrected chi connectivity index (χ1v) is 10.3. The number of nitrogens with one attached hydrogen (secondary N) is 2. The second kappa shape index (κ2) is 9.74. The molecule has 0 bridgehead atoms. The zero-order valence-electron chi connectivity index (χ0n) is 16.9. The number of urea groups is 1. The summed E-state index contributed by atoms with van der Waals surface area (Å²) < 4.78 is 0. The zero-order valence-corrected chi connectivity index (χ0v) is 16.9. The lowest BCUT2D eigenvalue weighted by Crippen LogP contribution is -2.42. The number of H-pyrrole nitrogens is 1. The number of amides is 2. The van der Waals surface area contributed by atoms with Gasteiger partial charge >= 0.3 is 6.03 Å². The molecular weight excluding hydrogens is 372 g/mol. The molecule has 0 radical (unpaired) electrons. The lowest BCUT2D eigenvalue weighted by atomic mass is 10.1. The van der Waals surface area contributed by atoms with Crippen molar-refractivity contribution in [3.8, 4) is 0 Å². The highest BCUT2D eigenvalue weighted by Gasteiger charge is 2.14. The molecule has 2 N–H and O–H groups in total. The van der Waals surface area contributed by atoms with Gasteiger partial charge in [0, 0.05) is 26.1 Å². The van der Waals surface area contributed by atoms with Crippen molar-refractivity contribution in [3.63, 3.8) is 0 Å². The third kappa shape index (κ3) is 5.26. The number of hydrogen-bond donors (Lipinski definition) is 2. The molecule has 0 atom stereocenters. The smallest absolute Gasteiger partial charge is 0.317 e. The number of para-hydroxylation sites is 2. The number of rotatable bonds is 8. The number of aromatic nitrogens is 2. The maximum Gasteiger partial charge on any atom is 0.317 e. The summed E-state index contributed by atoms with van der Waals surface area (Å²) in [7, 11) is 0. The molecule has 1 heterocycles. The van der Waals surface area contributed by atoms with Crippen molar-refractivity contribution in [1.29, 1.82) is 0 Å². The van der Waals surface area contributed by atoms with Crippen LogP contribution in [-0.2, 0) is 19.4 Å². The predicted octanol–water partition coefficient (Wildman–Crippen LogP) is 4.56. The summed E-state index contributed by atoms with van der Waals surface area (Å²) in [6, 6.07) is 28.2. The van der Waals surface area contributed by atoms with E-state index in [9.17, 15) is 4.79 Å². The van der Waals surface area contributed by atoms with E-state index in [1.807, 2.05) is 77.7 Å². The summed E-state index contributed by atoms with van der Waals surface area (Å²) in [4.78, 5) is 22.8. The minimum atomic E-state index is -0.0501. The van der Waals surface area contributed by atoms with E-state index in [1.54, 1.807) is 0 Å². The van der Waals surface area contributed by atoms with E-state index in [1.165, 1.54) is 5.56 Å². The van der Waals surface area contributed by atoms with E-state index in [2.05, 4.69) is 27.4 Å². The Kier molecular flexibility index (Phi) is 6.40. The molecule has 3 aromatic carbocycles. The van der Waals surface area contributed by atoms with Gasteiger partial charge in [0.2, 0.25) is 0 Å². The first-order valence-electron chi connectivity index (χ1n) is 10.3. The Balaban J connectivity index is 1.40. The maximum absolute atomic E-state index is 12.9. The molecule has 0 aliphatic rings. The highest BCUT2D eigenvalue weighted by atomic mass is 16.2. The van der Waals surface area contributed by atoms with Gasteiger partial charge in [0.15, 0.2) is 0 Å². The molecule has 4 aromatic rings. The lowest BCUT2D eigenvalue weighted by molar-refractivity contribution is 0.198. The summed E-state index contributed by atoms with van der Waals surface area (Å²) in [5, 5.41) is 3.05. The molecule has 0 fully saturated rings. The van der Waals surface area contributed by atoms with Crippen LogP contribution in [0.2, 0.25) is 0 Å². The SMILES string of the molecule is O=C(NCc1ccccc1)N(CCc1ccccc1)CCc1nc2ccccc2[nH]1. The Hall–Kier alpha value is -3.60. The van der Waals surface area contributed by atoms with Crippen molar-refractivity contribution in [2.24, 2.45) is 0 Å². The van der Waals surface area contributed by atoms with Crippen LogP contribution in [0.1, 0.15) is 17.0 Å². The van der Waals surface area contributed by atoms with E-state index in [4.69, 9.17) is 0 Å². The number of carbonyl (C=O) groups is 1. The topological polar surface area (TPSA) is 61.0 Å². The molecule has 30 heavy (non-hydrogen) atoms. The first kappa shape index (κ1) is 19.7. The normalized spacial score (nSPS) is 10.8. The van der Waals surface area contributed by atoms with Crippen LogP contribution in [0.3, 0.4) is 0 Å². The van der Waals surface area contributed by atoms with Gasteiger partial charge in [0.25, 0.3) is 0 Å². The van der Waals surface area contributed by atoms with Gasteiger partial charge in [0.05, 0.1) is 11.0 Å². The van der Waals surface area contributed by atoms with Crippen molar-refractivity contribution >= 4 is 17.1 Å². The molecule has 0 aliphatic heterocycles. The Morgan fingerprint density at radius 3 is 2.17 bits per heavy atom. The number of aromatic amines is 1. The first-order chi connectivity index (χ1) is 14.8. The van der Waals surface area contributed by atoms with Gasteiger partial charge in [-0.1, -0.05) is 72.8 Å². The summed E-state index contributed by atoms with van der Waals surface area (Å²) in [6.45, 7) is 1.78. The van der Waals surface area contributed by atoms with Crippen LogP contribution in [0.25, 0.3) is 11.0 Å². The fourth-order valence-corrected chi connectivity index (χ4v) is 3.47. The highest BCUT2D eigenvalue weighted by Crippen LogP contribution is 2.11. The number of nitrogens with zero attached hydrogens (tertiary/aromatic N) is 2. The van der Waals surface area contributed by atoms with Gasteiger partial charge in [-0.3, -0.25) is 0 Å². The number of fused-ring (bicyclic) bond motifs is 1. The molecule has 0 saturated carbocycles. The van der Waals surface area contributed by atoms with Crippen LogP contribution < -0.4 is 5.32 Å². The molecule has 152 valence electrons. The summed E-state index contributed by atoms with van der Waals surface area (Å²) in [5.41, 5.74) is 4.29. The Morgan fingerprint density at radius 2 is 1.43 bits per heavy atom. The number of hydrogen-bond acceptors (Lipinski definition) is 2. The molecule has 0 unspecified atom stereocenters. The van der Waals surface area contributed by atoms with Crippen molar-refractivity contribution < 1.29 is 4.79 Å². The predicted molar refractivity (Wildman–Crippen MR) is 120 cm³/mol. The fourth-order valence-electron chi connectivity index (χ4n) is 3.47. The highest BCUT2D eigenvalue weighted by molar-refractivity contribution is 5.75.